The number of nitrogens with zero attached hydrogens (tertiary/aromatic N) is 4. The summed E-state index contributed by atoms with van der Waals surface area (Å²) < 4.78 is 1.93. The van der Waals surface area contributed by atoms with Crippen molar-refractivity contribution in [2.75, 3.05) is 11.1 Å². The van der Waals surface area contributed by atoms with Crippen molar-refractivity contribution in [1.82, 2.24) is 19.7 Å². The van der Waals surface area contributed by atoms with Crippen LogP contribution in [0.4, 0.5) is 5.69 Å². The number of hydrogen-bond acceptors (Lipinski definition) is 5. The van der Waals surface area contributed by atoms with E-state index in [1.54, 1.807) is 18.5 Å². The molecule has 1 N–H and O–H groups in total. The van der Waals surface area contributed by atoms with Gasteiger partial charge >= 0.3 is 0 Å². The van der Waals surface area contributed by atoms with Crippen LogP contribution in [0, 0.1) is 20.8 Å². The average Bonchev–Trinajstić information content (AvgIpc) is 3.07. The van der Waals surface area contributed by atoms with Gasteiger partial charge in [-0.25, -0.2) is 0 Å². The second kappa shape index (κ2) is 8.84. The minimum atomic E-state index is -0.0730. The number of anilines is 1. The summed E-state index contributed by atoms with van der Waals surface area (Å²) in [5.41, 5.74) is 5.05. The fourth-order valence-electron chi connectivity index (χ4n) is 3.08. The fourth-order valence-corrected chi connectivity index (χ4v) is 3.83. The number of nitrogens with one attached hydrogen (secondary N) is 1. The van der Waals surface area contributed by atoms with Crippen LogP contribution in [0.1, 0.15) is 16.7 Å². The zero-order chi connectivity index (χ0) is 20.1. The summed E-state index contributed by atoms with van der Waals surface area (Å²) >= 11 is 1.35. The summed E-state index contributed by atoms with van der Waals surface area (Å²) in [6, 6.07) is 7.92. The molecule has 1 amide bonds. The van der Waals surface area contributed by atoms with Crippen molar-refractivity contribution in [3.63, 3.8) is 0 Å². The SMILES string of the molecule is C=CCn1c(SCC(=O)Nc2c(C)cc(C)cc2C)nnc1-c1cccnc1. The first-order chi connectivity index (χ1) is 13.5. The number of carbonyl (C=O) groups excluding carboxylic acids is 1. The van der Waals surface area contributed by atoms with Crippen LogP contribution in [0.2, 0.25) is 0 Å². The van der Waals surface area contributed by atoms with Gasteiger partial charge in [0.05, 0.1) is 5.75 Å². The van der Waals surface area contributed by atoms with E-state index in [-0.39, 0.29) is 11.7 Å². The topological polar surface area (TPSA) is 72.7 Å². The zero-order valence-electron chi connectivity index (χ0n) is 16.3. The molecule has 0 bridgehead atoms. The maximum atomic E-state index is 12.5. The number of amides is 1. The minimum absolute atomic E-state index is 0.0730. The third-order valence-corrected chi connectivity index (χ3v) is 5.19. The van der Waals surface area contributed by atoms with Crippen LogP contribution in [-0.2, 0) is 11.3 Å². The lowest BCUT2D eigenvalue weighted by atomic mass is 10.1. The molecule has 0 saturated carbocycles. The van der Waals surface area contributed by atoms with Gasteiger partial charge in [-0.3, -0.25) is 14.3 Å². The molecule has 2 heterocycles. The highest BCUT2D eigenvalue weighted by molar-refractivity contribution is 7.99. The zero-order valence-corrected chi connectivity index (χ0v) is 17.1. The Balaban J connectivity index is 1.73. The molecule has 0 unspecified atom stereocenters. The molecule has 3 rings (SSSR count). The van der Waals surface area contributed by atoms with Crippen molar-refractivity contribution in [1.29, 1.82) is 0 Å². The predicted molar refractivity (Wildman–Crippen MR) is 113 cm³/mol. The summed E-state index contributed by atoms with van der Waals surface area (Å²) in [6.45, 7) is 10.4. The lowest BCUT2D eigenvalue weighted by Gasteiger charge is -2.13. The van der Waals surface area contributed by atoms with Crippen LogP contribution in [0.3, 0.4) is 0 Å². The Kier molecular flexibility index (Phi) is 6.26. The third kappa shape index (κ3) is 4.48. The Morgan fingerprint density at radius 2 is 2.00 bits per heavy atom. The van der Waals surface area contributed by atoms with E-state index in [1.807, 2.05) is 37.5 Å². The van der Waals surface area contributed by atoms with Crippen LogP contribution >= 0.6 is 11.8 Å². The lowest BCUT2D eigenvalue weighted by Crippen LogP contribution is -2.16. The highest BCUT2D eigenvalue weighted by atomic mass is 32.2. The number of thioether (sulfide) groups is 1. The molecule has 0 aliphatic rings. The fraction of sp³-hybridized carbons (Fsp3) is 0.238. The molecule has 6 nitrogen and oxygen atoms in total. The number of benzene rings is 1. The van der Waals surface area contributed by atoms with Crippen molar-refractivity contribution >= 4 is 23.4 Å². The molecular weight excluding hydrogens is 370 g/mol. The van der Waals surface area contributed by atoms with Crippen molar-refractivity contribution < 1.29 is 4.79 Å². The van der Waals surface area contributed by atoms with E-state index in [1.165, 1.54) is 17.3 Å². The molecule has 0 atom stereocenters. The second-order valence-corrected chi connectivity index (χ2v) is 7.50. The molecule has 0 fully saturated rings. The van der Waals surface area contributed by atoms with Gasteiger partial charge in [0.25, 0.3) is 0 Å². The highest BCUT2D eigenvalue weighted by Crippen LogP contribution is 2.25. The van der Waals surface area contributed by atoms with Crippen LogP contribution in [0.5, 0.6) is 0 Å². The van der Waals surface area contributed by atoms with Crippen LogP contribution < -0.4 is 5.32 Å². The van der Waals surface area contributed by atoms with Gasteiger partial charge in [-0.2, -0.15) is 0 Å². The molecule has 7 heteroatoms. The normalized spacial score (nSPS) is 10.7. The van der Waals surface area contributed by atoms with Crippen LogP contribution in [-0.4, -0.2) is 31.4 Å². The lowest BCUT2D eigenvalue weighted by molar-refractivity contribution is -0.113. The van der Waals surface area contributed by atoms with Crippen molar-refractivity contribution in [2.45, 2.75) is 32.5 Å². The minimum Gasteiger partial charge on any atom is -0.325 e. The van der Waals surface area contributed by atoms with E-state index >= 15 is 0 Å². The van der Waals surface area contributed by atoms with Crippen LogP contribution in [0.15, 0.2) is 54.5 Å². The van der Waals surface area contributed by atoms with E-state index in [0.717, 1.165) is 22.4 Å². The standard InChI is InChI=1S/C21H23N5OS/c1-5-9-26-20(17-7-6-8-22-12-17)24-25-21(26)28-13-18(27)23-19-15(3)10-14(2)11-16(19)4/h5-8,10-12H,1,9,13H2,2-4H3,(H,23,27). The van der Waals surface area contributed by atoms with Gasteiger partial charge in [0.1, 0.15) is 0 Å². The van der Waals surface area contributed by atoms with Crippen molar-refractivity contribution in [3.8, 4) is 11.4 Å². The Bertz CT molecular complexity index is 974. The third-order valence-electron chi connectivity index (χ3n) is 4.22. The van der Waals surface area contributed by atoms with Crippen molar-refractivity contribution in [2.24, 2.45) is 0 Å². The largest absolute Gasteiger partial charge is 0.325 e. The summed E-state index contributed by atoms with van der Waals surface area (Å²) in [5, 5.41) is 12.2. The molecule has 2 aromatic heterocycles. The van der Waals surface area contributed by atoms with E-state index in [9.17, 15) is 4.79 Å². The molecule has 0 aliphatic heterocycles. The summed E-state index contributed by atoms with van der Waals surface area (Å²) in [7, 11) is 0. The van der Waals surface area contributed by atoms with Crippen LogP contribution in [0.25, 0.3) is 11.4 Å². The Morgan fingerprint density at radius 1 is 1.25 bits per heavy atom. The molecule has 0 saturated heterocycles. The van der Waals surface area contributed by atoms with E-state index in [0.29, 0.717) is 17.5 Å². The van der Waals surface area contributed by atoms with Gasteiger partial charge < -0.3 is 5.32 Å². The number of pyridine rings is 1. The van der Waals surface area contributed by atoms with Gasteiger partial charge in [-0.1, -0.05) is 35.5 Å². The molecule has 0 spiro atoms. The molecule has 0 aliphatic carbocycles. The molecule has 0 radical (unpaired) electrons. The van der Waals surface area contributed by atoms with Gasteiger partial charge in [-0.15, -0.1) is 16.8 Å². The summed E-state index contributed by atoms with van der Waals surface area (Å²) in [6.07, 6.45) is 5.24. The Hall–Kier alpha value is -2.93. The van der Waals surface area contributed by atoms with E-state index in [4.69, 9.17) is 0 Å². The average molecular weight is 394 g/mol. The van der Waals surface area contributed by atoms with E-state index in [2.05, 4.69) is 39.2 Å². The molecule has 144 valence electrons. The first-order valence-corrected chi connectivity index (χ1v) is 9.93. The summed E-state index contributed by atoms with van der Waals surface area (Å²) in [4.78, 5) is 16.6. The number of hydrogen-bond donors (Lipinski definition) is 1. The molecule has 28 heavy (non-hydrogen) atoms. The summed E-state index contributed by atoms with van der Waals surface area (Å²) in [5.74, 6) is 0.881. The maximum absolute atomic E-state index is 12.5. The molecule has 1 aromatic carbocycles. The smallest absolute Gasteiger partial charge is 0.234 e. The number of rotatable bonds is 7. The van der Waals surface area contributed by atoms with Gasteiger partial charge in [0.2, 0.25) is 5.91 Å². The number of aromatic nitrogens is 4. The molecule has 3 aromatic rings. The highest BCUT2D eigenvalue weighted by Gasteiger charge is 2.16. The second-order valence-electron chi connectivity index (χ2n) is 6.56. The molecular formula is C21H23N5OS. The van der Waals surface area contributed by atoms with Gasteiger partial charge in [0.15, 0.2) is 11.0 Å². The maximum Gasteiger partial charge on any atom is 0.234 e. The predicted octanol–water partition coefficient (Wildman–Crippen LogP) is 4.18. The van der Waals surface area contributed by atoms with Gasteiger partial charge in [0, 0.05) is 30.2 Å². The Labute approximate surface area is 169 Å². The monoisotopic (exact) mass is 393 g/mol. The number of allylic oxidation sites excluding steroid dienone is 1. The van der Waals surface area contributed by atoms with Gasteiger partial charge in [-0.05, 0) is 44.0 Å². The first-order valence-electron chi connectivity index (χ1n) is 8.94. The number of aryl methyl sites for hydroxylation is 3. The quantitative estimate of drug-likeness (QED) is 0.481. The first kappa shape index (κ1) is 19.8. The number of carbonyl (C=O) groups is 1. The van der Waals surface area contributed by atoms with E-state index < -0.39 is 0 Å². The van der Waals surface area contributed by atoms with Crippen molar-refractivity contribution in [3.05, 3.63) is 66.0 Å². The Morgan fingerprint density at radius 3 is 2.64 bits per heavy atom.